The molecule has 158 valence electrons. The van der Waals surface area contributed by atoms with Crippen molar-refractivity contribution in [1.82, 2.24) is 15.3 Å². The summed E-state index contributed by atoms with van der Waals surface area (Å²) in [6.45, 7) is 0.969. The fourth-order valence-electron chi connectivity index (χ4n) is 2.78. The monoisotopic (exact) mass is 427 g/mol. The van der Waals surface area contributed by atoms with Crippen molar-refractivity contribution in [2.45, 2.75) is 5.03 Å². The smallest absolute Gasteiger partial charge is 0.230 e. The molecule has 8 heteroatoms. The number of hydrogen-bond acceptors (Lipinski definition) is 6. The number of thioether (sulfide) groups is 1. The van der Waals surface area contributed by atoms with Crippen LogP contribution in [0.1, 0.15) is 0 Å². The molecular formula is C22H25N3O4S. The van der Waals surface area contributed by atoms with Crippen molar-refractivity contribution in [2.75, 3.05) is 40.2 Å². The Morgan fingerprint density at radius 2 is 1.57 bits per heavy atom. The molecule has 0 atom stereocenters. The summed E-state index contributed by atoms with van der Waals surface area (Å²) < 4.78 is 15.4. The number of benzene rings is 2. The van der Waals surface area contributed by atoms with Crippen LogP contribution < -0.4 is 14.8 Å². The minimum Gasteiger partial charge on any atom is -0.497 e. The van der Waals surface area contributed by atoms with E-state index in [1.807, 2.05) is 48.5 Å². The summed E-state index contributed by atoms with van der Waals surface area (Å²) in [4.78, 5) is 20.3. The number of amides is 1. The number of H-pyrrole nitrogens is 1. The summed E-state index contributed by atoms with van der Waals surface area (Å²) in [5.41, 5.74) is 2.76. The van der Waals surface area contributed by atoms with E-state index >= 15 is 0 Å². The van der Waals surface area contributed by atoms with Gasteiger partial charge in [-0.15, -0.1) is 0 Å². The lowest BCUT2D eigenvalue weighted by Crippen LogP contribution is -2.28. The first-order valence-electron chi connectivity index (χ1n) is 9.42. The molecule has 0 aliphatic carbocycles. The van der Waals surface area contributed by atoms with Crippen LogP contribution in [-0.2, 0) is 9.53 Å². The first-order valence-corrected chi connectivity index (χ1v) is 10.4. The zero-order chi connectivity index (χ0) is 21.3. The normalized spacial score (nSPS) is 10.6. The summed E-state index contributed by atoms with van der Waals surface area (Å²) in [6, 6.07) is 15.4. The van der Waals surface area contributed by atoms with Crippen molar-refractivity contribution in [1.29, 1.82) is 0 Å². The zero-order valence-electron chi connectivity index (χ0n) is 17.2. The molecule has 30 heavy (non-hydrogen) atoms. The van der Waals surface area contributed by atoms with Gasteiger partial charge in [-0.2, -0.15) is 0 Å². The Bertz CT molecular complexity index is 956. The van der Waals surface area contributed by atoms with Gasteiger partial charge < -0.3 is 24.5 Å². The van der Waals surface area contributed by atoms with E-state index in [0.717, 1.165) is 39.2 Å². The lowest BCUT2D eigenvalue weighted by Gasteiger charge is -2.05. The van der Waals surface area contributed by atoms with Crippen molar-refractivity contribution >= 4 is 17.7 Å². The van der Waals surface area contributed by atoms with Gasteiger partial charge in [0.2, 0.25) is 5.91 Å². The van der Waals surface area contributed by atoms with E-state index < -0.39 is 0 Å². The van der Waals surface area contributed by atoms with Crippen molar-refractivity contribution in [3.63, 3.8) is 0 Å². The molecule has 3 aromatic rings. The number of imidazole rings is 1. The van der Waals surface area contributed by atoms with Crippen LogP contribution in [-0.4, -0.2) is 56.1 Å². The molecule has 3 rings (SSSR count). The van der Waals surface area contributed by atoms with E-state index in [4.69, 9.17) is 19.2 Å². The van der Waals surface area contributed by atoms with Crippen molar-refractivity contribution < 1.29 is 19.0 Å². The van der Waals surface area contributed by atoms with Crippen LogP contribution in [0.3, 0.4) is 0 Å². The van der Waals surface area contributed by atoms with Gasteiger partial charge in [0.05, 0.1) is 32.3 Å². The second-order valence-corrected chi connectivity index (χ2v) is 7.32. The van der Waals surface area contributed by atoms with E-state index in [-0.39, 0.29) is 11.7 Å². The van der Waals surface area contributed by atoms with Gasteiger partial charge in [-0.25, -0.2) is 4.98 Å². The molecule has 1 heterocycles. The maximum Gasteiger partial charge on any atom is 0.230 e. The van der Waals surface area contributed by atoms with E-state index in [1.165, 1.54) is 11.8 Å². The molecule has 0 aliphatic heterocycles. The number of hydrogen-bond donors (Lipinski definition) is 2. The molecule has 0 saturated heterocycles. The van der Waals surface area contributed by atoms with Crippen LogP contribution in [0.5, 0.6) is 11.5 Å². The standard InChI is InChI=1S/C22H25N3O4S/c1-27-13-12-23-19(26)14-30-22-20(15-4-8-17(28-2)9-5-15)24-21(25-22)16-6-10-18(29-3)11-7-16/h4-11H,12-14H2,1-3H3,(H,23,26)(H,24,25). The molecule has 0 saturated carbocycles. The third kappa shape index (κ3) is 5.55. The first kappa shape index (κ1) is 21.7. The Balaban J connectivity index is 1.85. The number of nitrogens with one attached hydrogen (secondary N) is 2. The molecule has 0 radical (unpaired) electrons. The molecule has 0 spiro atoms. The summed E-state index contributed by atoms with van der Waals surface area (Å²) in [5, 5.41) is 3.58. The Morgan fingerprint density at radius 1 is 0.967 bits per heavy atom. The third-order valence-electron chi connectivity index (χ3n) is 4.38. The van der Waals surface area contributed by atoms with Crippen LogP contribution in [0.2, 0.25) is 0 Å². The van der Waals surface area contributed by atoms with Gasteiger partial charge in [-0.1, -0.05) is 11.8 Å². The third-order valence-corrected chi connectivity index (χ3v) is 5.36. The number of carbonyl (C=O) groups is 1. The fourth-order valence-corrected chi connectivity index (χ4v) is 3.62. The quantitative estimate of drug-likeness (QED) is 0.380. The van der Waals surface area contributed by atoms with Gasteiger partial charge in [0.1, 0.15) is 22.3 Å². The number of nitrogens with zero attached hydrogens (tertiary/aromatic N) is 1. The number of carbonyl (C=O) groups excluding carboxylic acids is 1. The van der Waals surface area contributed by atoms with Crippen LogP contribution in [0.25, 0.3) is 22.6 Å². The highest BCUT2D eigenvalue weighted by molar-refractivity contribution is 8.00. The molecule has 7 nitrogen and oxygen atoms in total. The molecule has 2 aromatic carbocycles. The Kier molecular flexibility index (Phi) is 7.75. The summed E-state index contributed by atoms with van der Waals surface area (Å²) in [7, 11) is 4.87. The molecule has 0 unspecified atom stereocenters. The Morgan fingerprint density at radius 3 is 2.13 bits per heavy atom. The highest BCUT2D eigenvalue weighted by Gasteiger charge is 2.16. The highest BCUT2D eigenvalue weighted by Crippen LogP contribution is 2.33. The topological polar surface area (TPSA) is 85.5 Å². The van der Waals surface area contributed by atoms with Gasteiger partial charge >= 0.3 is 0 Å². The van der Waals surface area contributed by atoms with Crippen LogP contribution >= 0.6 is 11.8 Å². The number of methoxy groups -OCH3 is 3. The maximum absolute atomic E-state index is 12.1. The Labute approximate surface area is 180 Å². The molecule has 0 bridgehead atoms. The van der Waals surface area contributed by atoms with E-state index in [9.17, 15) is 4.79 Å². The number of aromatic amines is 1. The largest absolute Gasteiger partial charge is 0.497 e. The fraction of sp³-hybridized carbons (Fsp3) is 0.273. The molecule has 0 aliphatic rings. The van der Waals surface area contributed by atoms with Crippen molar-refractivity contribution in [2.24, 2.45) is 0 Å². The summed E-state index contributed by atoms with van der Waals surface area (Å²) in [5.74, 6) is 2.49. The summed E-state index contributed by atoms with van der Waals surface area (Å²) >= 11 is 1.39. The van der Waals surface area contributed by atoms with Crippen molar-refractivity contribution in [3.05, 3.63) is 48.5 Å². The molecule has 1 amide bonds. The summed E-state index contributed by atoms with van der Waals surface area (Å²) in [6.07, 6.45) is 0. The van der Waals surface area contributed by atoms with Gasteiger partial charge in [0, 0.05) is 24.8 Å². The predicted octanol–water partition coefficient (Wildman–Crippen LogP) is 3.62. The van der Waals surface area contributed by atoms with Gasteiger partial charge in [0.15, 0.2) is 0 Å². The first-order chi connectivity index (χ1) is 14.6. The van der Waals surface area contributed by atoms with Crippen LogP contribution in [0, 0.1) is 0 Å². The molecule has 0 fully saturated rings. The molecule has 2 N–H and O–H groups in total. The predicted molar refractivity (Wildman–Crippen MR) is 118 cm³/mol. The van der Waals surface area contributed by atoms with Gasteiger partial charge in [-0.05, 0) is 48.5 Å². The second kappa shape index (κ2) is 10.7. The van der Waals surface area contributed by atoms with Crippen LogP contribution in [0.4, 0.5) is 0 Å². The highest BCUT2D eigenvalue weighted by atomic mass is 32.2. The average molecular weight is 428 g/mol. The maximum atomic E-state index is 12.1. The molecule has 1 aromatic heterocycles. The van der Waals surface area contributed by atoms with Crippen LogP contribution in [0.15, 0.2) is 53.6 Å². The van der Waals surface area contributed by atoms with Gasteiger partial charge in [0.25, 0.3) is 0 Å². The Hall–Kier alpha value is -2.97. The average Bonchev–Trinajstić information content (AvgIpc) is 3.22. The lowest BCUT2D eigenvalue weighted by molar-refractivity contribution is -0.118. The van der Waals surface area contributed by atoms with Crippen molar-refractivity contribution in [3.8, 4) is 34.1 Å². The van der Waals surface area contributed by atoms with E-state index in [1.54, 1.807) is 21.3 Å². The van der Waals surface area contributed by atoms with E-state index in [2.05, 4.69) is 10.3 Å². The SMILES string of the molecule is COCCNC(=O)CSc1nc(-c2ccc(OC)cc2)[nH]c1-c1ccc(OC)cc1. The lowest BCUT2D eigenvalue weighted by atomic mass is 10.1. The zero-order valence-corrected chi connectivity index (χ0v) is 18.0. The second-order valence-electron chi connectivity index (χ2n) is 6.35. The molecular weight excluding hydrogens is 402 g/mol. The van der Waals surface area contributed by atoms with E-state index in [0.29, 0.717) is 13.2 Å². The minimum atomic E-state index is -0.0632. The minimum absolute atomic E-state index is 0.0632. The number of rotatable bonds is 10. The van der Waals surface area contributed by atoms with Gasteiger partial charge in [-0.3, -0.25) is 4.79 Å². The number of aromatic nitrogens is 2. The number of ether oxygens (including phenoxy) is 3.